The number of amides is 1. The fourth-order valence-electron chi connectivity index (χ4n) is 2.23. The van der Waals surface area contributed by atoms with Crippen molar-refractivity contribution in [3.05, 3.63) is 42.2 Å². The van der Waals surface area contributed by atoms with Gasteiger partial charge >= 0.3 is 0 Å². The van der Waals surface area contributed by atoms with Crippen LogP contribution in [0.5, 0.6) is 0 Å². The number of unbranched alkanes of at least 4 members (excludes halogenated alkanes) is 2. The third-order valence-electron chi connectivity index (χ3n) is 3.65. The van der Waals surface area contributed by atoms with E-state index in [-0.39, 0.29) is 5.91 Å². The van der Waals surface area contributed by atoms with Gasteiger partial charge in [-0.15, -0.1) is 5.73 Å². The minimum atomic E-state index is 0.229. The zero-order valence-corrected chi connectivity index (χ0v) is 16.9. The summed E-state index contributed by atoms with van der Waals surface area (Å²) in [5.74, 6) is 0.873. The van der Waals surface area contributed by atoms with Crippen molar-refractivity contribution < 1.29 is 4.79 Å². The highest BCUT2D eigenvalue weighted by Crippen LogP contribution is 2.10. The molecule has 0 aliphatic heterocycles. The van der Waals surface area contributed by atoms with E-state index in [1.807, 2.05) is 30.9 Å². The molecule has 0 aromatic carbocycles. The Bertz CT molecular complexity index is 414. The van der Waals surface area contributed by atoms with Gasteiger partial charge in [-0.3, -0.25) is 4.79 Å². The third kappa shape index (κ3) is 16.8. The minimum Gasteiger partial charge on any atom is -0.343 e. The number of hydrogen-bond donors (Lipinski definition) is 0. The van der Waals surface area contributed by atoms with E-state index in [0.29, 0.717) is 5.92 Å². The standard InChI is InChI=1S/C13H27NO.C9H12/c1-5-7-9-12(3)11-14(13(4)15)10-8-6-2;1-4-6-8-9(3)7-5-2/h12H,5-11H2,1-4H3;4-7H,1H2,2-3H3/b;7-5-. The van der Waals surface area contributed by atoms with E-state index in [1.165, 1.54) is 19.3 Å². The lowest BCUT2D eigenvalue weighted by atomic mass is 10.0. The quantitative estimate of drug-likeness (QED) is 0.339. The van der Waals surface area contributed by atoms with Crippen molar-refractivity contribution in [2.45, 2.75) is 73.6 Å². The molecule has 0 spiro atoms. The lowest BCUT2D eigenvalue weighted by Crippen LogP contribution is -2.33. The van der Waals surface area contributed by atoms with Crippen LogP contribution in [0.4, 0.5) is 0 Å². The topological polar surface area (TPSA) is 20.3 Å². The van der Waals surface area contributed by atoms with Crippen molar-refractivity contribution >= 4 is 5.91 Å². The van der Waals surface area contributed by atoms with Gasteiger partial charge in [0.05, 0.1) is 0 Å². The van der Waals surface area contributed by atoms with Crippen molar-refractivity contribution in [3.8, 4) is 0 Å². The van der Waals surface area contributed by atoms with Gasteiger partial charge in [0, 0.05) is 20.0 Å². The zero-order valence-electron chi connectivity index (χ0n) is 16.9. The number of rotatable bonds is 10. The highest BCUT2D eigenvalue weighted by molar-refractivity contribution is 5.73. The van der Waals surface area contributed by atoms with Gasteiger partial charge in [0.25, 0.3) is 0 Å². The first kappa shape index (κ1) is 24.7. The molecule has 1 amide bonds. The van der Waals surface area contributed by atoms with Gasteiger partial charge in [-0.05, 0) is 44.3 Å². The van der Waals surface area contributed by atoms with E-state index in [0.717, 1.165) is 31.5 Å². The second kappa shape index (κ2) is 17.8. The Morgan fingerprint density at radius 3 is 2.29 bits per heavy atom. The smallest absolute Gasteiger partial charge is 0.219 e. The molecule has 0 N–H and O–H groups in total. The summed E-state index contributed by atoms with van der Waals surface area (Å²) in [6.07, 6.45) is 13.6. The van der Waals surface area contributed by atoms with Crippen molar-refractivity contribution in [2.24, 2.45) is 5.92 Å². The van der Waals surface area contributed by atoms with Gasteiger partial charge in [0.1, 0.15) is 0 Å². The van der Waals surface area contributed by atoms with Crippen LogP contribution in [0.2, 0.25) is 0 Å². The zero-order chi connectivity index (χ0) is 18.8. The van der Waals surface area contributed by atoms with Gasteiger partial charge < -0.3 is 4.90 Å². The number of nitrogens with zero attached hydrogens (tertiary/aromatic N) is 1. The van der Waals surface area contributed by atoms with E-state index in [4.69, 9.17) is 0 Å². The van der Waals surface area contributed by atoms with Crippen LogP contribution in [0, 0.1) is 5.92 Å². The molecule has 138 valence electrons. The van der Waals surface area contributed by atoms with Gasteiger partial charge in [0.2, 0.25) is 5.91 Å². The molecule has 0 bridgehead atoms. The van der Waals surface area contributed by atoms with E-state index in [1.54, 1.807) is 19.1 Å². The molecule has 0 aromatic heterocycles. The summed E-state index contributed by atoms with van der Waals surface area (Å²) in [6, 6.07) is 0. The van der Waals surface area contributed by atoms with Crippen molar-refractivity contribution in [2.75, 3.05) is 13.1 Å². The Hall–Kier alpha value is -1.53. The first-order valence-corrected chi connectivity index (χ1v) is 9.35. The van der Waals surface area contributed by atoms with Crippen molar-refractivity contribution in [1.82, 2.24) is 4.90 Å². The van der Waals surface area contributed by atoms with Crippen LogP contribution in [0.3, 0.4) is 0 Å². The Kier molecular flexibility index (Phi) is 18.4. The molecule has 1 atom stereocenters. The monoisotopic (exact) mass is 333 g/mol. The number of allylic oxidation sites excluding steroid dienone is 4. The molecular weight excluding hydrogens is 294 g/mol. The lowest BCUT2D eigenvalue weighted by molar-refractivity contribution is -0.129. The summed E-state index contributed by atoms with van der Waals surface area (Å²) in [4.78, 5) is 13.4. The molecular formula is C22H39NO. The second-order valence-corrected chi connectivity index (χ2v) is 6.30. The summed E-state index contributed by atoms with van der Waals surface area (Å²) in [7, 11) is 0. The molecule has 24 heavy (non-hydrogen) atoms. The summed E-state index contributed by atoms with van der Waals surface area (Å²) in [5.41, 5.74) is 4.14. The van der Waals surface area contributed by atoms with Crippen molar-refractivity contribution in [3.63, 3.8) is 0 Å². The molecule has 0 aliphatic rings. The largest absolute Gasteiger partial charge is 0.343 e. The van der Waals surface area contributed by atoms with Crippen LogP contribution in [-0.4, -0.2) is 23.9 Å². The van der Waals surface area contributed by atoms with Crippen LogP contribution in [0.15, 0.2) is 42.2 Å². The Labute approximate surface area is 151 Å². The Morgan fingerprint density at radius 2 is 1.83 bits per heavy atom. The maximum absolute atomic E-state index is 11.4. The second-order valence-electron chi connectivity index (χ2n) is 6.30. The fourth-order valence-corrected chi connectivity index (χ4v) is 2.23. The third-order valence-corrected chi connectivity index (χ3v) is 3.65. The summed E-state index contributed by atoms with van der Waals surface area (Å²) in [6.45, 7) is 17.7. The maximum atomic E-state index is 11.4. The number of carbonyl (C=O) groups excluding carboxylic acids is 1. The summed E-state index contributed by atoms with van der Waals surface area (Å²) in [5, 5.41) is 0. The van der Waals surface area contributed by atoms with Gasteiger partial charge in [0.15, 0.2) is 0 Å². The number of hydrogen-bond acceptors (Lipinski definition) is 1. The van der Waals surface area contributed by atoms with Crippen LogP contribution in [-0.2, 0) is 4.79 Å². The predicted molar refractivity (Wildman–Crippen MR) is 108 cm³/mol. The normalized spacial score (nSPS) is 11.1. The molecule has 1 unspecified atom stereocenters. The lowest BCUT2D eigenvalue weighted by Gasteiger charge is -2.24. The molecule has 2 heteroatoms. The Balaban J connectivity index is 0. The maximum Gasteiger partial charge on any atom is 0.219 e. The molecule has 2 nitrogen and oxygen atoms in total. The van der Waals surface area contributed by atoms with E-state index in [2.05, 4.69) is 33.1 Å². The van der Waals surface area contributed by atoms with Gasteiger partial charge in [-0.1, -0.05) is 64.8 Å². The molecule has 0 radical (unpaired) electrons. The van der Waals surface area contributed by atoms with Crippen LogP contribution < -0.4 is 0 Å². The summed E-state index contributed by atoms with van der Waals surface area (Å²) >= 11 is 0. The van der Waals surface area contributed by atoms with Crippen molar-refractivity contribution in [1.29, 1.82) is 0 Å². The number of carbonyl (C=O) groups is 1. The highest BCUT2D eigenvalue weighted by Gasteiger charge is 2.11. The molecule has 0 aliphatic carbocycles. The molecule has 0 aromatic rings. The van der Waals surface area contributed by atoms with Gasteiger partial charge in [-0.2, -0.15) is 0 Å². The molecule has 0 rings (SSSR count). The van der Waals surface area contributed by atoms with E-state index < -0.39 is 0 Å². The Morgan fingerprint density at radius 1 is 1.21 bits per heavy atom. The average Bonchev–Trinajstić information content (AvgIpc) is 2.55. The van der Waals surface area contributed by atoms with Gasteiger partial charge in [-0.25, -0.2) is 0 Å². The minimum absolute atomic E-state index is 0.229. The van der Waals surface area contributed by atoms with Crippen LogP contribution >= 0.6 is 0 Å². The predicted octanol–water partition coefficient (Wildman–Crippen LogP) is 6.31. The SMILES string of the molecule is C=CC=C=C(C)/C=C\C.CCCCC(C)CN(CCCC)C(C)=O. The fraction of sp³-hybridized carbons (Fsp3) is 0.636. The van der Waals surface area contributed by atoms with Crippen LogP contribution in [0.1, 0.15) is 73.6 Å². The van der Waals surface area contributed by atoms with Crippen LogP contribution in [0.25, 0.3) is 0 Å². The molecule has 0 saturated heterocycles. The van der Waals surface area contributed by atoms with E-state index in [9.17, 15) is 4.79 Å². The first-order chi connectivity index (χ1) is 11.4. The molecule has 0 saturated carbocycles. The van der Waals surface area contributed by atoms with E-state index >= 15 is 0 Å². The molecule has 0 fully saturated rings. The molecule has 0 heterocycles. The highest BCUT2D eigenvalue weighted by atomic mass is 16.2. The average molecular weight is 334 g/mol. The summed E-state index contributed by atoms with van der Waals surface area (Å²) < 4.78 is 0. The first-order valence-electron chi connectivity index (χ1n) is 9.35.